The molecule has 0 unspecified atom stereocenters. The van der Waals surface area contributed by atoms with Gasteiger partial charge >= 0.3 is 0 Å². The second-order valence-electron chi connectivity index (χ2n) is 4.42. The van der Waals surface area contributed by atoms with Crippen LogP contribution in [-0.2, 0) is 4.79 Å². The van der Waals surface area contributed by atoms with Crippen LogP contribution in [0.3, 0.4) is 0 Å². The van der Waals surface area contributed by atoms with Crippen LogP contribution in [0.5, 0.6) is 0 Å². The minimum atomic E-state index is -1.04. The third-order valence-corrected chi connectivity index (χ3v) is 3.79. The summed E-state index contributed by atoms with van der Waals surface area (Å²) >= 11 is 1.47. The van der Waals surface area contributed by atoms with Gasteiger partial charge in [-0.1, -0.05) is 0 Å². The van der Waals surface area contributed by atoms with E-state index < -0.39 is 5.97 Å². The Morgan fingerprint density at radius 2 is 2.10 bits per heavy atom. The van der Waals surface area contributed by atoms with Crippen molar-refractivity contribution >= 4 is 22.4 Å². The Kier molecular flexibility index (Phi) is 4.68. The highest BCUT2D eigenvalue weighted by Crippen LogP contribution is 2.27. The Bertz CT molecular complexity index is 583. The summed E-state index contributed by atoms with van der Waals surface area (Å²) < 4.78 is 12.9. The maximum Gasteiger partial charge on any atom is 0.185 e. The lowest BCUT2D eigenvalue weighted by Crippen LogP contribution is -2.25. The number of carboxylic acid groups (broad SMARTS) is 1. The molecule has 0 spiro atoms. The lowest BCUT2D eigenvalue weighted by atomic mass is 10.2. The summed E-state index contributed by atoms with van der Waals surface area (Å²) in [4.78, 5) is 16.7. The molecule has 0 aliphatic rings. The van der Waals surface area contributed by atoms with Gasteiger partial charge in [0, 0.05) is 30.5 Å². The molecular formula is C14H14FN2O2S-. The summed E-state index contributed by atoms with van der Waals surface area (Å²) in [5.41, 5.74) is 1.65. The summed E-state index contributed by atoms with van der Waals surface area (Å²) in [6, 6.07) is 6.17. The van der Waals surface area contributed by atoms with E-state index in [0.717, 1.165) is 16.4 Å². The van der Waals surface area contributed by atoms with Gasteiger partial charge in [0.25, 0.3) is 0 Å². The first-order valence-electron chi connectivity index (χ1n) is 6.18. The predicted octanol–water partition coefficient (Wildman–Crippen LogP) is 1.92. The van der Waals surface area contributed by atoms with Crippen LogP contribution in [0.2, 0.25) is 0 Å². The molecule has 4 nitrogen and oxygen atoms in total. The molecule has 0 aliphatic heterocycles. The Balaban J connectivity index is 2.01. The fourth-order valence-electron chi connectivity index (χ4n) is 1.75. The van der Waals surface area contributed by atoms with Crippen molar-refractivity contribution in [3.8, 4) is 11.3 Å². The Morgan fingerprint density at radius 1 is 1.40 bits per heavy atom. The molecule has 2 aromatic rings. The van der Waals surface area contributed by atoms with Crippen molar-refractivity contribution < 1.29 is 14.3 Å². The second-order valence-corrected chi connectivity index (χ2v) is 5.26. The Hall–Kier alpha value is -1.95. The number of nitrogens with zero attached hydrogens (tertiary/aromatic N) is 2. The minimum absolute atomic E-state index is 0.0422. The van der Waals surface area contributed by atoms with E-state index >= 15 is 0 Å². The summed E-state index contributed by atoms with van der Waals surface area (Å²) in [6.07, 6.45) is 0.560. The first kappa shape index (κ1) is 14.5. The van der Waals surface area contributed by atoms with E-state index in [4.69, 9.17) is 0 Å². The van der Waals surface area contributed by atoms with Gasteiger partial charge in [-0.15, -0.1) is 11.3 Å². The molecule has 1 heterocycles. The summed E-state index contributed by atoms with van der Waals surface area (Å²) in [7, 11) is 1.86. The molecule has 0 aliphatic carbocycles. The molecule has 20 heavy (non-hydrogen) atoms. The quantitative estimate of drug-likeness (QED) is 0.816. The normalized spacial score (nSPS) is 10.5. The molecule has 0 radical (unpaired) electrons. The van der Waals surface area contributed by atoms with Gasteiger partial charge in [0.15, 0.2) is 5.13 Å². The number of hydrogen-bond acceptors (Lipinski definition) is 5. The predicted molar refractivity (Wildman–Crippen MR) is 75.0 cm³/mol. The van der Waals surface area contributed by atoms with Crippen LogP contribution in [0, 0.1) is 5.82 Å². The van der Waals surface area contributed by atoms with Crippen LogP contribution >= 0.6 is 11.3 Å². The zero-order valence-electron chi connectivity index (χ0n) is 11.0. The van der Waals surface area contributed by atoms with Crippen molar-refractivity contribution in [1.29, 1.82) is 0 Å². The maximum atomic E-state index is 12.9. The van der Waals surface area contributed by atoms with Gasteiger partial charge in [0.1, 0.15) is 5.82 Å². The van der Waals surface area contributed by atoms with Gasteiger partial charge in [0.2, 0.25) is 0 Å². The summed E-state index contributed by atoms with van der Waals surface area (Å²) in [6.45, 7) is 0.602. The smallest absolute Gasteiger partial charge is 0.185 e. The zero-order chi connectivity index (χ0) is 14.5. The zero-order valence-corrected chi connectivity index (χ0v) is 11.8. The van der Waals surface area contributed by atoms with E-state index in [1.54, 1.807) is 12.1 Å². The number of thiazole rings is 1. The molecular weight excluding hydrogens is 279 g/mol. The number of rotatable bonds is 6. The van der Waals surface area contributed by atoms with Gasteiger partial charge < -0.3 is 14.8 Å². The van der Waals surface area contributed by atoms with Gasteiger partial charge in [0.05, 0.1) is 5.69 Å². The molecule has 0 saturated heterocycles. The molecule has 0 amide bonds. The van der Waals surface area contributed by atoms with E-state index in [1.807, 2.05) is 17.3 Å². The van der Waals surface area contributed by atoms with Crippen LogP contribution in [0.1, 0.15) is 12.8 Å². The SMILES string of the molecule is CN(CCCC(=O)[O-])c1nc(-c2ccc(F)cc2)cs1. The number of anilines is 1. The largest absolute Gasteiger partial charge is 0.550 e. The maximum absolute atomic E-state index is 12.9. The average molecular weight is 293 g/mol. The van der Waals surface area contributed by atoms with Crippen molar-refractivity contribution in [3.63, 3.8) is 0 Å². The van der Waals surface area contributed by atoms with Crippen molar-refractivity contribution in [2.75, 3.05) is 18.5 Å². The number of carbonyl (C=O) groups excluding carboxylic acids is 1. The third kappa shape index (κ3) is 3.77. The summed E-state index contributed by atoms with van der Waals surface area (Å²) in [5, 5.41) is 13.1. The fourth-order valence-corrected chi connectivity index (χ4v) is 2.58. The molecule has 2 rings (SSSR count). The van der Waals surface area contributed by atoms with Gasteiger partial charge in [-0.25, -0.2) is 9.37 Å². The standard InChI is InChI=1S/C14H15FN2O2S/c1-17(8-2-3-13(18)19)14-16-12(9-20-14)10-4-6-11(15)7-5-10/h4-7,9H,2-3,8H2,1H3,(H,18,19)/p-1. The molecule has 1 aromatic heterocycles. The number of aliphatic carboxylic acids is 1. The topological polar surface area (TPSA) is 56.3 Å². The average Bonchev–Trinajstić information content (AvgIpc) is 2.88. The second kappa shape index (κ2) is 6.47. The summed E-state index contributed by atoms with van der Waals surface area (Å²) in [5.74, 6) is -1.31. The highest BCUT2D eigenvalue weighted by Gasteiger charge is 2.08. The number of aromatic nitrogens is 1. The van der Waals surface area contributed by atoms with E-state index in [9.17, 15) is 14.3 Å². The highest BCUT2D eigenvalue weighted by atomic mass is 32.1. The minimum Gasteiger partial charge on any atom is -0.550 e. The lowest BCUT2D eigenvalue weighted by Gasteiger charge is -2.15. The first-order chi connectivity index (χ1) is 9.56. The number of benzene rings is 1. The lowest BCUT2D eigenvalue weighted by molar-refractivity contribution is -0.305. The van der Waals surface area contributed by atoms with Crippen molar-refractivity contribution in [3.05, 3.63) is 35.5 Å². The van der Waals surface area contributed by atoms with E-state index in [-0.39, 0.29) is 12.2 Å². The third-order valence-electron chi connectivity index (χ3n) is 2.83. The van der Waals surface area contributed by atoms with Crippen LogP contribution in [0.15, 0.2) is 29.6 Å². The molecule has 0 atom stereocenters. The molecule has 0 bridgehead atoms. The fraction of sp³-hybridized carbons (Fsp3) is 0.286. The monoisotopic (exact) mass is 293 g/mol. The van der Waals surface area contributed by atoms with Crippen LogP contribution < -0.4 is 10.0 Å². The van der Waals surface area contributed by atoms with Crippen molar-refractivity contribution in [2.45, 2.75) is 12.8 Å². The highest BCUT2D eigenvalue weighted by molar-refractivity contribution is 7.14. The van der Waals surface area contributed by atoms with E-state index in [1.165, 1.54) is 23.5 Å². The van der Waals surface area contributed by atoms with Gasteiger partial charge in [-0.05, 0) is 37.1 Å². The number of halogens is 1. The molecule has 0 N–H and O–H groups in total. The van der Waals surface area contributed by atoms with E-state index in [0.29, 0.717) is 13.0 Å². The Labute approximate surface area is 120 Å². The van der Waals surface area contributed by atoms with Crippen molar-refractivity contribution in [2.24, 2.45) is 0 Å². The first-order valence-corrected chi connectivity index (χ1v) is 7.06. The molecule has 1 aromatic carbocycles. The van der Waals surface area contributed by atoms with E-state index in [2.05, 4.69) is 4.98 Å². The van der Waals surface area contributed by atoms with Crippen LogP contribution in [-0.4, -0.2) is 24.5 Å². The molecule has 6 heteroatoms. The molecule has 0 fully saturated rings. The number of hydrogen-bond donors (Lipinski definition) is 0. The Morgan fingerprint density at radius 3 is 2.75 bits per heavy atom. The van der Waals surface area contributed by atoms with Gasteiger partial charge in [-0.3, -0.25) is 0 Å². The number of carbonyl (C=O) groups is 1. The van der Waals surface area contributed by atoms with Gasteiger partial charge in [-0.2, -0.15) is 0 Å². The van der Waals surface area contributed by atoms with Crippen LogP contribution in [0.25, 0.3) is 11.3 Å². The van der Waals surface area contributed by atoms with Crippen molar-refractivity contribution in [1.82, 2.24) is 4.98 Å². The molecule has 106 valence electrons. The van der Waals surface area contributed by atoms with Crippen LogP contribution in [0.4, 0.5) is 9.52 Å². The molecule has 0 saturated carbocycles. The number of carboxylic acids is 1.